The fraction of sp³-hybridized carbons (Fsp3) is 0.609. The third-order valence-electron chi connectivity index (χ3n) is 6.48. The summed E-state index contributed by atoms with van der Waals surface area (Å²) < 4.78 is 20.5. The molecule has 0 unspecified atom stereocenters. The number of thioether (sulfide) groups is 1. The molecule has 4 rings (SSSR count). The number of carbonyl (C=O) groups is 1. The molecule has 0 aliphatic heterocycles. The molecule has 0 radical (unpaired) electrons. The molecular weight excluding hydrogens is 429 g/mol. The van der Waals surface area contributed by atoms with E-state index in [1.165, 1.54) is 61.0 Å². The molecule has 2 aliphatic rings. The van der Waals surface area contributed by atoms with Crippen molar-refractivity contribution < 1.29 is 13.9 Å². The van der Waals surface area contributed by atoms with Crippen LogP contribution in [0.2, 0.25) is 0 Å². The number of nitrogens with two attached hydrogens (primary N) is 1. The van der Waals surface area contributed by atoms with Crippen LogP contribution >= 0.6 is 11.8 Å². The van der Waals surface area contributed by atoms with Crippen LogP contribution in [0.5, 0.6) is 5.75 Å². The SMILES string of the molecule is Nn1c(COc2ccccc2F)nnc1SCC(=O)N(C1CCCCC1)C1CCCCC1. The highest BCUT2D eigenvalue weighted by Crippen LogP contribution is 2.31. The smallest absolute Gasteiger partial charge is 0.233 e. The topological polar surface area (TPSA) is 86.3 Å². The van der Waals surface area contributed by atoms with Gasteiger partial charge in [-0.25, -0.2) is 9.07 Å². The number of halogens is 1. The molecule has 2 aliphatic carbocycles. The second kappa shape index (κ2) is 11.0. The van der Waals surface area contributed by atoms with E-state index in [1.807, 2.05) is 0 Å². The fourth-order valence-corrected chi connectivity index (χ4v) is 5.58. The molecule has 0 atom stereocenters. The van der Waals surface area contributed by atoms with E-state index in [0.29, 0.717) is 23.1 Å². The molecule has 7 nitrogen and oxygen atoms in total. The Morgan fingerprint density at radius 2 is 1.69 bits per heavy atom. The summed E-state index contributed by atoms with van der Waals surface area (Å²) in [4.78, 5) is 15.5. The van der Waals surface area contributed by atoms with E-state index >= 15 is 0 Å². The van der Waals surface area contributed by atoms with Gasteiger partial charge in [0.2, 0.25) is 11.1 Å². The van der Waals surface area contributed by atoms with Crippen molar-refractivity contribution in [1.29, 1.82) is 0 Å². The summed E-state index contributed by atoms with van der Waals surface area (Å²) >= 11 is 1.30. The van der Waals surface area contributed by atoms with Crippen molar-refractivity contribution in [2.24, 2.45) is 0 Å². The molecule has 2 saturated carbocycles. The van der Waals surface area contributed by atoms with E-state index in [9.17, 15) is 9.18 Å². The van der Waals surface area contributed by atoms with Gasteiger partial charge in [0.15, 0.2) is 17.4 Å². The van der Waals surface area contributed by atoms with Gasteiger partial charge in [-0.05, 0) is 37.8 Å². The Kier molecular flexibility index (Phi) is 7.89. The number of amides is 1. The Morgan fingerprint density at radius 3 is 2.31 bits per heavy atom. The third-order valence-corrected chi connectivity index (χ3v) is 7.41. The number of rotatable bonds is 8. The number of carbonyl (C=O) groups excluding carboxylic acids is 1. The predicted molar refractivity (Wildman–Crippen MR) is 122 cm³/mol. The maximum atomic E-state index is 13.7. The van der Waals surface area contributed by atoms with E-state index in [-0.39, 0.29) is 24.0 Å². The summed E-state index contributed by atoms with van der Waals surface area (Å²) in [5, 5.41) is 8.63. The summed E-state index contributed by atoms with van der Waals surface area (Å²) in [7, 11) is 0. The zero-order chi connectivity index (χ0) is 22.3. The maximum Gasteiger partial charge on any atom is 0.233 e. The van der Waals surface area contributed by atoms with Crippen LogP contribution in [0.1, 0.15) is 70.0 Å². The molecule has 2 fully saturated rings. The molecule has 0 saturated heterocycles. The molecule has 2 N–H and O–H groups in total. The number of hydrogen-bond donors (Lipinski definition) is 1. The van der Waals surface area contributed by atoms with Gasteiger partial charge in [0, 0.05) is 12.1 Å². The zero-order valence-electron chi connectivity index (χ0n) is 18.4. The molecule has 0 bridgehead atoms. The highest BCUT2D eigenvalue weighted by Gasteiger charge is 2.32. The van der Waals surface area contributed by atoms with Crippen molar-refractivity contribution in [1.82, 2.24) is 19.8 Å². The Bertz CT molecular complexity index is 878. The first-order valence-electron chi connectivity index (χ1n) is 11.6. The van der Waals surface area contributed by atoms with Gasteiger partial charge in [-0.2, -0.15) is 0 Å². The normalized spacial score (nSPS) is 17.9. The molecule has 0 spiro atoms. The lowest BCUT2D eigenvalue weighted by Crippen LogP contribution is -2.49. The molecule has 1 heterocycles. The van der Waals surface area contributed by atoms with Crippen molar-refractivity contribution in [3.05, 3.63) is 35.9 Å². The minimum atomic E-state index is -0.443. The summed E-state index contributed by atoms with van der Waals surface area (Å²) in [6.07, 6.45) is 11.8. The van der Waals surface area contributed by atoms with Gasteiger partial charge in [0.1, 0.15) is 6.61 Å². The zero-order valence-corrected chi connectivity index (χ0v) is 19.2. The van der Waals surface area contributed by atoms with Gasteiger partial charge in [-0.3, -0.25) is 4.79 Å². The lowest BCUT2D eigenvalue weighted by molar-refractivity contribution is -0.135. The van der Waals surface area contributed by atoms with Crippen LogP contribution in [0.4, 0.5) is 4.39 Å². The lowest BCUT2D eigenvalue weighted by atomic mass is 9.88. The average molecular weight is 462 g/mol. The number of nitrogen functional groups attached to an aromatic ring is 1. The highest BCUT2D eigenvalue weighted by atomic mass is 32.2. The van der Waals surface area contributed by atoms with Gasteiger partial charge >= 0.3 is 0 Å². The minimum Gasteiger partial charge on any atom is -0.482 e. The van der Waals surface area contributed by atoms with E-state index in [4.69, 9.17) is 10.6 Å². The third kappa shape index (κ3) is 5.54. The van der Waals surface area contributed by atoms with Gasteiger partial charge in [-0.1, -0.05) is 62.4 Å². The molecule has 1 aromatic carbocycles. The number of ether oxygens (including phenoxy) is 1. The van der Waals surface area contributed by atoms with Crippen LogP contribution < -0.4 is 10.6 Å². The first kappa shape index (κ1) is 22.9. The predicted octanol–water partition coefficient (Wildman–Crippen LogP) is 4.30. The van der Waals surface area contributed by atoms with Crippen LogP contribution in [-0.2, 0) is 11.4 Å². The van der Waals surface area contributed by atoms with Crippen LogP contribution in [0.15, 0.2) is 29.4 Å². The minimum absolute atomic E-state index is 0.00475. The van der Waals surface area contributed by atoms with Crippen LogP contribution in [0.25, 0.3) is 0 Å². The lowest BCUT2D eigenvalue weighted by Gasteiger charge is -2.41. The number of nitrogens with zero attached hydrogens (tertiary/aromatic N) is 4. The standard InChI is InChI=1S/C23H32FN5O2S/c24-19-13-7-8-14-20(19)31-15-21-26-27-23(29(21)25)32-16-22(30)28(17-9-3-1-4-10-17)18-11-5-2-6-12-18/h7-8,13-14,17-18H,1-6,9-12,15-16,25H2. The van der Waals surface area contributed by atoms with Crippen molar-refractivity contribution >= 4 is 17.7 Å². The van der Waals surface area contributed by atoms with E-state index in [2.05, 4.69) is 15.1 Å². The Labute approximate surface area is 192 Å². The van der Waals surface area contributed by atoms with Crippen molar-refractivity contribution in [3.63, 3.8) is 0 Å². The number of para-hydroxylation sites is 1. The second-order valence-corrected chi connectivity index (χ2v) is 9.60. The summed E-state index contributed by atoms with van der Waals surface area (Å²) in [5.74, 6) is 6.65. The molecule has 9 heteroatoms. The number of aromatic nitrogens is 3. The molecule has 32 heavy (non-hydrogen) atoms. The first-order chi connectivity index (χ1) is 15.6. The van der Waals surface area contributed by atoms with Gasteiger partial charge in [-0.15, -0.1) is 10.2 Å². The molecule has 2 aromatic rings. The van der Waals surface area contributed by atoms with Gasteiger partial charge < -0.3 is 15.5 Å². The largest absolute Gasteiger partial charge is 0.482 e. The summed E-state index contributed by atoms with van der Waals surface area (Å²) in [6.45, 7) is -0.00475. The first-order valence-corrected chi connectivity index (χ1v) is 12.6. The molecule has 1 amide bonds. The van der Waals surface area contributed by atoms with Gasteiger partial charge in [0.25, 0.3) is 0 Å². The quantitative estimate of drug-likeness (QED) is 0.466. The summed E-state index contributed by atoms with van der Waals surface area (Å²) in [6, 6.07) is 6.90. The van der Waals surface area contributed by atoms with Crippen LogP contribution in [0.3, 0.4) is 0 Å². The fourth-order valence-electron chi connectivity index (χ4n) is 4.83. The van der Waals surface area contributed by atoms with Crippen molar-refractivity contribution in [2.45, 2.75) is 88.1 Å². The second-order valence-electron chi connectivity index (χ2n) is 8.66. The monoisotopic (exact) mass is 461 g/mol. The average Bonchev–Trinajstić information content (AvgIpc) is 3.18. The van der Waals surface area contributed by atoms with E-state index in [1.54, 1.807) is 18.2 Å². The number of benzene rings is 1. The summed E-state index contributed by atoms with van der Waals surface area (Å²) in [5.41, 5.74) is 0. The van der Waals surface area contributed by atoms with Crippen molar-refractivity contribution in [3.8, 4) is 5.75 Å². The van der Waals surface area contributed by atoms with Crippen LogP contribution in [-0.4, -0.2) is 43.5 Å². The van der Waals surface area contributed by atoms with Crippen LogP contribution in [0, 0.1) is 5.82 Å². The molecule has 1 aromatic heterocycles. The molecule has 174 valence electrons. The Balaban J connectivity index is 1.37. The van der Waals surface area contributed by atoms with Crippen molar-refractivity contribution in [2.75, 3.05) is 11.6 Å². The van der Waals surface area contributed by atoms with Gasteiger partial charge in [0.05, 0.1) is 5.75 Å². The maximum absolute atomic E-state index is 13.7. The Hall–Kier alpha value is -2.29. The van der Waals surface area contributed by atoms with E-state index in [0.717, 1.165) is 25.7 Å². The Morgan fingerprint density at radius 1 is 1.06 bits per heavy atom. The molecular formula is C23H32FN5O2S. The van der Waals surface area contributed by atoms with E-state index < -0.39 is 5.82 Å². The highest BCUT2D eigenvalue weighted by molar-refractivity contribution is 7.99. The number of hydrogen-bond acceptors (Lipinski definition) is 6.